The molecular formula is C35H38F3N5O3S. The van der Waals surface area contributed by atoms with E-state index in [-0.39, 0.29) is 40.6 Å². The van der Waals surface area contributed by atoms with E-state index in [4.69, 9.17) is 9.72 Å². The molecule has 4 atom stereocenters. The first-order chi connectivity index (χ1) is 22.7. The Labute approximate surface area is 273 Å². The van der Waals surface area contributed by atoms with E-state index in [1.54, 1.807) is 12.3 Å². The largest absolute Gasteiger partial charge is 0.508 e. The smallest absolute Gasteiger partial charge is 0.319 e. The number of rotatable bonds is 6. The number of benzene rings is 2. The highest BCUT2D eigenvalue weighted by molar-refractivity contribution is 7.85. The number of hydrogen-bond acceptors (Lipinski definition) is 8. The lowest BCUT2D eigenvalue weighted by molar-refractivity contribution is 0.107. The van der Waals surface area contributed by atoms with Gasteiger partial charge in [0.1, 0.15) is 41.4 Å². The van der Waals surface area contributed by atoms with Gasteiger partial charge in [0.25, 0.3) is 0 Å². The number of fused-ring (bicyclic) bond motifs is 3. The lowest BCUT2D eigenvalue weighted by Crippen LogP contribution is -2.44. The third kappa shape index (κ3) is 5.22. The van der Waals surface area contributed by atoms with Crippen LogP contribution >= 0.6 is 0 Å². The van der Waals surface area contributed by atoms with Gasteiger partial charge >= 0.3 is 6.01 Å². The number of aromatic hydroxyl groups is 1. The fourth-order valence-electron chi connectivity index (χ4n) is 8.72. The summed E-state index contributed by atoms with van der Waals surface area (Å²) in [5, 5.41) is 12.1. The highest BCUT2D eigenvalue weighted by atomic mass is 32.2. The second-order valence-electron chi connectivity index (χ2n) is 13.9. The number of aryl methyl sites for hydroxylation is 1. The molecule has 4 aliphatic rings. The normalized spacial score (nSPS) is 27.8. The molecule has 1 spiro atoms. The number of piperidine rings is 1. The van der Waals surface area contributed by atoms with Gasteiger partial charge in [-0.2, -0.15) is 9.97 Å². The summed E-state index contributed by atoms with van der Waals surface area (Å²) in [4.78, 5) is 18.3. The molecule has 47 heavy (non-hydrogen) atoms. The molecule has 12 heteroatoms. The van der Waals surface area contributed by atoms with E-state index in [1.165, 1.54) is 18.2 Å². The maximum absolute atomic E-state index is 16.9. The van der Waals surface area contributed by atoms with Crippen LogP contribution in [-0.2, 0) is 17.2 Å². The maximum Gasteiger partial charge on any atom is 0.319 e. The first-order valence-electron chi connectivity index (χ1n) is 16.6. The molecule has 2 unspecified atom stereocenters. The second-order valence-corrected chi connectivity index (χ2v) is 15.5. The molecule has 0 amide bonds. The average Bonchev–Trinajstić information content (AvgIpc) is 3.71. The Morgan fingerprint density at radius 2 is 1.98 bits per heavy atom. The molecule has 0 radical (unpaired) electrons. The van der Waals surface area contributed by atoms with Crippen molar-refractivity contribution in [3.63, 3.8) is 0 Å². The Hall–Kier alpha value is -3.51. The first kappa shape index (κ1) is 30.8. The van der Waals surface area contributed by atoms with Gasteiger partial charge in [-0.25, -0.2) is 13.2 Å². The fourth-order valence-corrected chi connectivity index (χ4v) is 10.6. The molecule has 6 heterocycles. The van der Waals surface area contributed by atoms with E-state index in [0.29, 0.717) is 71.5 Å². The van der Waals surface area contributed by atoms with Crippen LogP contribution in [0.1, 0.15) is 51.0 Å². The van der Waals surface area contributed by atoms with E-state index in [9.17, 15) is 18.1 Å². The number of phenolic OH excluding ortho intramolecular Hbond substituents is 1. The van der Waals surface area contributed by atoms with Crippen molar-refractivity contribution in [2.45, 2.75) is 63.6 Å². The maximum atomic E-state index is 16.9. The van der Waals surface area contributed by atoms with Crippen LogP contribution in [-0.4, -0.2) is 85.2 Å². The van der Waals surface area contributed by atoms with Gasteiger partial charge in [0, 0.05) is 65.5 Å². The zero-order chi connectivity index (χ0) is 32.5. The standard InChI is InChI=1S/C35H38F3N5O3S/c1-2-24-27(37)6-5-21-13-23(44)14-25(28(21)24)30-29(38)31-26(16-39-30)32(42-10-3-7-34(18-42)9-12-47(45)20-34)41-33(40-31)46-19-35-8-4-11-43(35)17-22(36)15-35/h5-6,13-14,16,22,44H,2-4,7-12,15,17-20H2,1H3/t22-,34?,35+,47?/m1/s1. The number of anilines is 1. The Morgan fingerprint density at radius 3 is 2.79 bits per heavy atom. The zero-order valence-corrected chi connectivity index (χ0v) is 27.2. The molecule has 8 nitrogen and oxygen atoms in total. The molecule has 4 aromatic rings. The molecule has 2 aromatic carbocycles. The van der Waals surface area contributed by atoms with Crippen LogP contribution in [0, 0.1) is 17.0 Å². The van der Waals surface area contributed by atoms with Gasteiger partial charge in [-0.3, -0.25) is 14.1 Å². The van der Waals surface area contributed by atoms with E-state index in [2.05, 4.69) is 19.8 Å². The molecule has 0 aliphatic carbocycles. The average molecular weight is 666 g/mol. The van der Waals surface area contributed by atoms with Gasteiger partial charge in [-0.05, 0) is 79.6 Å². The van der Waals surface area contributed by atoms with Crippen molar-refractivity contribution in [3.8, 4) is 23.0 Å². The van der Waals surface area contributed by atoms with E-state index >= 15 is 4.39 Å². The summed E-state index contributed by atoms with van der Waals surface area (Å²) in [6.07, 6.45) is 5.85. The molecule has 248 valence electrons. The molecule has 1 N–H and O–H groups in total. The minimum absolute atomic E-state index is 0.00256. The van der Waals surface area contributed by atoms with Gasteiger partial charge in [-0.15, -0.1) is 0 Å². The van der Waals surface area contributed by atoms with E-state index in [0.717, 1.165) is 38.6 Å². The van der Waals surface area contributed by atoms with Crippen LogP contribution in [0.5, 0.6) is 11.8 Å². The number of alkyl halides is 1. The predicted molar refractivity (Wildman–Crippen MR) is 176 cm³/mol. The van der Waals surface area contributed by atoms with Crippen molar-refractivity contribution in [1.29, 1.82) is 0 Å². The molecule has 4 saturated heterocycles. The Morgan fingerprint density at radius 1 is 1.13 bits per heavy atom. The Balaban J connectivity index is 1.27. The molecular weight excluding hydrogens is 627 g/mol. The number of nitrogens with zero attached hydrogens (tertiary/aromatic N) is 5. The summed E-state index contributed by atoms with van der Waals surface area (Å²) in [6.45, 7) is 4.52. The molecule has 0 bridgehead atoms. The highest BCUT2D eigenvalue weighted by Crippen LogP contribution is 2.44. The van der Waals surface area contributed by atoms with Gasteiger partial charge < -0.3 is 14.7 Å². The van der Waals surface area contributed by atoms with Crippen LogP contribution in [0.3, 0.4) is 0 Å². The quantitative estimate of drug-likeness (QED) is 0.265. The van der Waals surface area contributed by atoms with Gasteiger partial charge in [0.05, 0.1) is 10.9 Å². The minimum atomic E-state index is -0.922. The SMILES string of the molecule is CCc1c(F)ccc2cc(O)cc(-c3ncc4c(N5CCCC6(CCS(=O)C6)C5)nc(OC[C@@]56CCCN5C[C@H](F)C6)nc4c3F)c12. The summed E-state index contributed by atoms with van der Waals surface area (Å²) >= 11 is 0. The van der Waals surface area contributed by atoms with Gasteiger partial charge in [0.15, 0.2) is 5.82 Å². The van der Waals surface area contributed by atoms with Crippen LogP contribution < -0.4 is 9.64 Å². The summed E-state index contributed by atoms with van der Waals surface area (Å²) in [5.74, 6) is 0.577. The van der Waals surface area contributed by atoms with Crippen molar-refractivity contribution in [3.05, 3.63) is 47.7 Å². The third-order valence-electron chi connectivity index (χ3n) is 10.9. The Bertz CT molecular complexity index is 1930. The summed E-state index contributed by atoms with van der Waals surface area (Å²) in [7, 11) is -0.859. The van der Waals surface area contributed by atoms with Crippen molar-refractivity contribution in [2.24, 2.45) is 5.41 Å². The number of hydrogen-bond donors (Lipinski definition) is 1. The molecule has 4 fully saturated rings. The number of pyridine rings is 1. The van der Waals surface area contributed by atoms with Crippen molar-refractivity contribution >= 4 is 38.3 Å². The lowest BCUT2D eigenvalue weighted by atomic mass is 9.79. The molecule has 8 rings (SSSR count). The number of halogens is 3. The van der Waals surface area contributed by atoms with Crippen LogP contribution in [0.15, 0.2) is 30.5 Å². The van der Waals surface area contributed by atoms with Crippen molar-refractivity contribution in [2.75, 3.05) is 49.2 Å². The first-order valence-corrected chi connectivity index (χ1v) is 18.1. The molecule has 2 aromatic heterocycles. The number of phenols is 1. The van der Waals surface area contributed by atoms with E-state index in [1.807, 2.05) is 6.92 Å². The van der Waals surface area contributed by atoms with Crippen molar-refractivity contribution in [1.82, 2.24) is 19.9 Å². The summed E-state index contributed by atoms with van der Waals surface area (Å²) in [6, 6.07) is 5.86. The second kappa shape index (κ2) is 11.6. The van der Waals surface area contributed by atoms with Crippen molar-refractivity contribution < 1.29 is 27.2 Å². The van der Waals surface area contributed by atoms with Crippen LogP contribution in [0.25, 0.3) is 32.9 Å². The predicted octanol–water partition coefficient (Wildman–Crippen LogP) is 6.09. The van der Waals surface area contributed by atoms with Gasteiger partial charge in [-0.1, -0.05) is 13.0 Å². The molecule has 4 aliphatic heterocycles. The highest BCUT2D eigenvalue weighted by Gasteiger charge is 2.49. The Kier molecular flexibility index (Phi) is 7.59. The lowest BCUT2D eigenvalue weighted by Gasteiger charge is -2.40. The van der Waals surface area contributed by atoms with E-state index < -0.39 is 34.1 Å². The minimum Gasteiger partial charge on any atom is -0.508 e. The van der Waals surface area contributed by atoms with Crippen LogP contribution in [0.2, 0.25) is 0 Å². The number of aromatic nitrogens is 3. The zero-order valence-electron chi connectivity index (χ0n) is 26.4. The van der Waals surface area contributed by atoms with Crippen LogP contribution in [0.4, 0.5) is 19.0 Å². The monoisotopic (exact) mass is 665 g/mol. The topological polar surface area (TPSA) is 91.7 Å². The van der Waals surface area contributed by atoms with Gasteiger partial charge in [0.2, 0.25) is 0 Å². The fraction of sp³-hybridized carbons (Fsp3) is 0.514. The summed E-state index contributed by atoms with van der Waals surface area (Å²) in [5.41, 5.74) is 0.0753. The summed E-state index contributed by atoms with van der Waals surface area (Å²) < 4.78 is 65.2. The molecule has 0 saturated carbocycles. The number of ether oxygens (including phenoxy) is 1. The third-order valence-corrected chi connectivity index (χ3v) is 12.5.